The lowest BCUT2D eigenvalue weighted by Gasteiger charge is -2.16. The number of para-hydroxylation sites is 1. The molecule has 0 saturated heterocycles. The zero-order valence-corrected chi connectivity index (χ0v) is 13.9. The summed E-state index contributed by atoms with van der Waals surface area (Å²) in [4.78, 5) is 12.0. The molecule has 0 aliphatic heterocycles. The van der Waals surface area contributed by atoms with E-state index >= 15 is 0 Å². The van der Waals surface area contributed by atoms with Crippen LogP contribution < -0.4 is 5.32 Å². The van der Waals surface area contributed by atoms with E-state index in [-0.39, 0.29) is 16.7 Å². The number of hydrogen-bond donors (Lipinski definition) is 1. The Morgan fingerprint density at radius 2 is 1.67 bits per heavy atom. The third-order valence-electron chi connectivity index (χ3n) is 3.35. The van der Waals surface area contributed by atoms with Crippen molar-refractivity contribution in [2.75, 3.05) is 5.32 Å². The number of halogens is 1. The van der Waals surface area contributed by atoms with Crippen LogP contribution in [0.1, 0.15) is 25.0 Å². The Kier molecular flexibility index (Phi) is 5.57. The van der Waals surface area contributed by atoms with Crippen molar-refractivity contribution in [1.82, 2.24) is 0 Å². The Morgan fingerprint density at radius 1 is 1.05 bits per heavy atom. The van der Waals surface area contributed by atoms with Crippen LogP contribution in [-0.4, -0.2) is 10.7 Å². The summed E-state index contributed by atoms with van der Waals surface area (Å²) in [6.07, 6.45) is 0.811. The smallest absolute Gasteiger partial charge is 0.238 e. The summed E-state index contributed by atoms with van der Waals surface area (Å²) in [6.45, 7) is 4.05. The third-order valence-corrected chi connectivity index (χ3v) is 4.82. The second-order valence-corrected chi connectivity index (χ2v) is 6.44. The fraction of sp³-hybridized carbons (Fsp3) is 0.278. The van der Waals surface area contributed by atoms with Gasteiger partial charge in [0.15, 0.2) is 0 Å². The molecule has 2 aromatic rings. The first kappa shape index (κ1) is 15.8. The maximum Gasteiger partial charge on any atom is 0.238 e. The molecule has 1 amide bonds. The lowest BCUT2D eigenvalue weighted by atomic mass is 10.0. The lowest BCUT2D eigenvalue weighted by Crippen LogP contribution is -2.27. The van der Waals surface area contributed by atoms with Gasteiger partial charge in [0.05, 0.1) is 4.83 Å². The van der Waals surface area contributed by atoms with E-state index < -0.39 is 0 Å². The van der Waals surface area contributed by atoms with Gasteiger partial charge < -0.3 is 5.32 Å². The van der Waals surface area contributed by atoms with E-state index in [0.717, 1.165) is 17.7 Å². The number of rotatable bonds is 5. The second kappa shape index (κ2) is 7.41. The molecule has 110 valence electrons. The Morgan fingerprint density at radius 3 is 2.33 bits per heavy atom. The van der Waals surface area contributed by atoms with Crippen LogP contribution in [0.25, 0.3) is 0 Å². The molecule has 2 rings (SSSR count). The van der Waals surface area contributed by atoms with E-state index in [9.17, 15) is 4.79 Å². The van der Waals surface area contributed by atoms with Gasteiger partial charge >= 0.3 is 0 Å². The predicted molar refractivity (Wildman–Crippen MR) is 91.9 cm³/mol. The Labute approximate surface area is 134 Å². The average molecular weight is 346 g/mol. The minimum absolute atomic E-state index is 0.00510. The van der Waals surface area contributed by atoms with Crippen LogP contribution >= 0.6 is 15.9 Å². The van der Waals surface area contributed by atoms with Gasteiger partial charge in [0.25, 0.3) is 0 Å². The molecule has 0 fully saturated rings. The highest BCUT2D eigenvalue weighted by Gasteiger charge is 2.19. The van der Waals surface area contributed by atoms with Gasteiger partial charge in [0.1, 0.15) is 0 Å². The minimum atomic E-state index is -0.178. The highest BCUT2D eigenvalue weighted by atomic mass is 79.9. The van der Waals surface area contributed by atoms with Crippen LogP contribution in [0, 0.1) is 5.92 Å². The quantitative estimate of drug-likeness (QED) is 0.786. The van der Waals surface area contributed by atoms with Crippen molar-refractivity contribution in [2.45, 2.75) is 25.1 Å². The van der Waals surface area contributed by atoms with Crippen LogP contribution in [0.2, 0.25) is 0 Å². The standard InChI is InChI=1S/C18H20BrNO/c1-13(2)17(19)18(21)20-16-11-7-6-10-15(16)12-14-8-4-3-5-9-14/h3-11,13,17H,12H2,1-2H3,(H,20,21). The molecule has 21 heavy (non-hydrogen) atoms. The maximum atomic E-state index is 12.2. The second-order valence-electron chi connectivity index (χ2n) is 5.45. The van der Waals surface area contributed by atoms with Crippen molar-refractivity contribution in [3.05, 3.63) is 65.7 Å². The van der Waals surface area contributed by atoms with Crippen LogP contribution in [0.4, 0.5) is 5.69 Å². The molecule has 1 atom stereocenters. The fourth-order valence-corrected chi connectivity index (χ4v) is 2.23. The average Bonchev–Trinajstić information content (AvgIpc) is 2.49. The van der Waals surface area contributed by atoms with E-state index in [1.807, 2.05) is 50.2 Å². The van der Waals surface area contributed by atoms with E-state index in [0.29, 0.717) is 0 Å². The Balaban J connectivity index is 2.16. The third kappa shape index (κ3) is 4.43. The van der Waals surface area contributed by atoms with E-state index in [2.05, 4.69) is 39.4 Å². The Bertz CT molecular complexity index is 595. The van der Waals surface area contributed by atoms with Gasteiger partial charge in [-0.25, -0.2) is 0 Å². The number of hydrogen-bond acceptors (Lipinski definition) is 1. The number of alkyl halides is 1. The van der Waals surface area contributed by atoms with Crippen molar-refractivity contribution in [3.8, 4) is 0 Å². The lowest BCUT2D eigenvalue weighted by molar-refractivity contribution is -0.116. The topological polar surface area (TPSA) is 29.1 Å². The highest BCUT2D eigenvalue weighted by Crippen LogP contribution is 2.21. The molecule has 0 bridgehead atoms. The van der Waals surface area contributed by atoms with Gasteiger partial charge in [0.2, 0.25) is 5.91 Å². The van der Waals surface area contributed by atoms with E-state index in [1.165, 1.54) is 5.56 Å². The summed E-state index contributed by atoms with van der Waals surface area (Å²) >= 11 is 3.44. The summed E-state index contributed by atoms with van der Waals surface area (Å²) in [6, 6.07) is 18.2. The SMILES string of the molecule is CC(C)C(Br)C(=O)Nc1ccccc1Cc1ccccc1. The number of carbonyl (C=O) groups is 1. The summed E-state index contributed by atoms with van der Waals surface area (Å²) in [5.41, 5.74) is 3.25. The van der Waals surface area contributed by atoms with Crippen molar-refractivity contribution >= 4 is 27.5 Å². The van der Waals surface area contributed by atoms with Crippen molar-refractivity contribution < 1.29 is 4.79 Å². The van der Waals surface area contributed by atoms with Gasteiger partial charge in [-0.05, 0) is 29.5 Å². The molecule has 1 N–H and O–H groups in total. The van der Waals surface area contributed by atoms with Crippen molar-refractivity contribution in [1.29, 1.82) is 0 Å². The van der Waals surface area contributed by atoms with Crippen molar-refractivity contribution in [2.24, 2.45) is 5.92 Å². The molecule has 1 unspecified atom stereocenters. The molecule has 0 saturated carbocycles. The highest BCUT2D eigenvalue weighted by molar-refractivity contribution is 9.10. The molecule has 2 nitrogen and oxygen atoms in total. The van der Waals surface area contributed by atoms with Crippen LogP contribution in [0.3, 0.4) is 0 Å². The minimum Gasteiger partial charge on any atom is -0.325 e. The predicted octanol–water partition coefficient (Wildman–Crippen LogP) is 4.64. The number of anilines is 1. The number of carbonyl (C=O) groups excluding carboxylic acids is 1. The molecular formula is C18H20BrNO. The van der Waals surface area contributed by atoms with Crippen LogP contribution in [0.15, 0.2) is 54.6 Å². The molecule has 0 radical (unpaired) electrons. The molecule has 2 aromatic carbocycles. The summed E-state index contributed by atoms with van der Waals surface area (Å²) < 4.78 is 0. The van der Waals surface area contributed by atoms with Gasteiger partial charge in [-0.15, -0.1) is 0 Å². The maximum absolute atomic E-state index is 12.2. The van der Waals surface area contributed by atoms with Crippen molar-refractivity contribution in [3.63, 3.8) is 0 Å². The van der Waals surface area contributed by atoms with Gasteiger partial charge in [0, 0.05) is 5.69 Å². The molecule has 3 heteroatoms. The van der Waals surface area contributed by atoms with Gasteiger partial charge in [-0.2, -0.15) is 0 Å². The monoisotopic (exact) mass is 345 g/mol. The number of benzene rings is 2. The molecular weight excluding hydrogens is 326 g/mol. The molecule has 0 aliphatic carbocycles. The molecule has 0 spiro atoms. The first-order valence-electron chi connectivity index (χ1n) is 7.14. The zero-order chi connectivity index (χ0) is 15.2. The Hall–Kier alpha value is -1.61. The fourth-order valence-electron chi connectivity index (χ4n) is 2.12. The largest absolute Gasteiger partial charge is 0.325 e. The van der Waals surface area contributed by atoms with Gasteiger partial charge in [-0.1, -0.05) is 78.3 Å². The molecule has 0 heterocycles. The summed E-state index contributed by atoms with van der Waals surface area (Å²) in [7, 11) is 0. The summed E-state index contributed by atoms with van der Waals surface area (Å²) in [5.74, 6) is 0.261. The first-order chi connectivity index (χ1) is 10.1. The van der Waals surface area contributed by atoms with Gasteiger partial charge in [-0.3, -0.25) is 4.79 Å². The normalized spacial score (nSPS) is 12.2. The van der Waals surface area contributed by atoms with E-state index in [1.54, 1.807) is 0 Å². The summed E-state index contributed by atoms with van der Waals surface area (Å²) in [5, 5.41) is 3.03. The van der Waals surface area contributed by atoms with Crippen LogP contribution in [0.5, 0.6) is 0 Å². The number of nitrogens with one attached hydrogen (secondary N) is 1. The molecule has 0 aliphatic rings. The van der Waals surface area contributed by atoms with E-state index in [4.69, 9.17) is 0 Å². The van der Waals surface area contributed by atoms with Crippen LogP contribution in [-0.2, 0) is 11.2 Å². The molecule has 0 aromatic heterocycles. The first-order valence-corrected chi connectivity index (χ1v) is 8.06. The zero-order valence-electron chi connectivity index (χ0n) is 12.3. The number of amides is 1.